The molecule has 2 aromatic rings. The summed E-state index contributed by atoms with van der Waals surface area (Å²) in [6.07, 6.45) is 1.61. The van der Waals surface area contributed by atoms with E-state index in [2.05, 4.69) is 20.4 Å². The smallest absolute Gasteiger partial charge is 0.322 e. The molecule has 0 unspecified atom stereocenters. The van der Waals surface area contributed by atoms with Gasteiger partial charge in [-0.05, 0) is 24.8 Å². The van der Waals surface area contributed by atoms with Crippen molar-refractivity contribution in [2.24, 2.45) is 5.84 Å². The first-order valence-corrected chi connectivity index (χ1v) is 5.53. The molecule has 0 radical (unpaired) electrons. The summed E-state index contributed by atoms with van der Waals surface area (Å²) < 4.78 is 10.1. The fourth-order valence-corrected chi connectivity index (χ4v) is 1.89. The Kier molecular flexibility index (Phi) is 3.45. The van der Waals surface area contributed by atoms with E-state index in [1.54, 1.807) is 6.26 Å². The van der Waals surface area contributed by atoms with Crippen LogP contribution in [0.25, 0.3) is 0 Å². The molecule has 0 aliphatic carbocycles. The molecule has 0 saturated carbocycles. The SMILES string of the molecule is COc1nc(NN)nc(Sc2ccoc2C)n1. The Bertz CT molecular complexity index is 494. The quantitative estimate of drug-likeness (QED) is 0.619. The van der Waals surface area contributed by atoms with Gasteiger partial charge in [0, 0.05) is 0 Å². The number of hydrogen-bond acceptors (Lipinski definition) is 8. The van der Waals surface area contributed by atoms with Gasteiger partial charge in [-0.25, -0.2) is 5.84 Å². The number of methoxy groups -OCH3 is 1. The molecule has 3 N–H and O–H groups in total. The summed E-state index contributed by atoms with van der Waals surface area (Å²) in [5.74, 6) is 6.31. The fraction of sp³-hybridized carbons (Fsp3) is 0.222. The number of nitrogens with zero attached hydrogens (tertiary/aromatic N) is 3. The first-order chi connectivity index (χ1) is 8.22. The minimum absolute atomic E-state index is 0.205. The van der Waals surface area contributed by atoms with Gasteiger partial charge < -0.3 is 9.15 Å². The van der Waals surface area contributed by atoms with Gasteiger partial charge in [0.05, 0.1) is 18.3 Å². The van der Waals surface area contributed by atoms with Crippen LogP contribution >= 0.6 is 11.8 Å². The zero-order valence-electron chi connectivity index (χ0n) is 9.30. The molecule has 2 rings (SSSR count). The minimum atomic E-state index is 0.205. The monoisotopic (exact) mass is 253 g/mol. The maximum Gasteiger partial charge on any atom is 0.322 e. The van der Waals surface area contributed by atoms with E-state index < -0.39 is 0 Å². The van der Waals surface area contributed by atoms with E-state index in [0.717, 1.165) is 10.7 Å². The number of nitrogens with two attached hydrogens (primary N) is 1. The standard InChI is InChI=1S/C9H11N5O2S/c1-5-6(3-4-16-5)17-9-12-7(14-10)11-8(13-9)15-2/h3-4H,10H2,1-2H3,(H,11,12,13,14). The first-order valence-electron chi connectivity index (χ1n) is 4.71. The summed E-state index contributed by atoms with van der Waals surface area (Å²) in [6, 6.07) is 2.04. The molecule has 7 nitrogen and oxygen atoms in total. The van der Waals surface area contributed by atoms with Crippen molar-refractivity contribution in [3.05, 3.63) is 18.1 Å². The molecule has 0 fully saturated rings. The highest BCUT2D eigenvalue weighted by Crippen LogP contribution is 2.29. The third-order valence-electron chi connectivity index (χ3n) is 1.92. The topological polar surface area (TPSA) is 99.1 Å². The molecule has 0 atom stereocenters. The average molecular weight is 253 g/mol. The number of anilines is 1. The first kappa shape index (κ1) is 11.7. The number of nitrogens with one attached hydrogen (secondary N) is 1. The predicted octanol–water partition coefficient (Wildman–Crippen LogP) is 1.22. The molecule has 2 heterocycles. The van der Waals surface area contributed by atoms with Crippen molar-refractivity contribution in [1.29, 1.82) is 0 Å². The van der Waals surface area contributed by atoms with Crippen LogP contribution < -0.4 is 16.0 Å². The summed E-state index contributed by atoms with van der Waals surface area (Å²) in [7, 11) is 1.48. The molecule has 0 amide bonds. The van der Waals surface area contributed by atoms with Gasteiger partial charge >= 0.3 is 6.01 Å². The lowest BCUT2D eigenvalue weighted by Crippen LogP contribution is -2.12. The van der Waals surface area contributed by atoms with E-state index in [4.69, 9.17) is 15.0 Å². The molecule has 0 aliphatic rings. The van der Waals surface area contributed by atoms with E-state index in [9.17, 15) is 0 Å². The Morgan fingerprint density at radius 3 is 2.82 bits per heavy atom. The summed E-state index contributed by atoms with van der Waals surface area (Å²) in [6.45, 7) is 1.86. The van der Waals surface area contributed by atoms with Gasteiger partial charge in [0.2, 0.25) is 11.1 Å². The summed E-state index contributed by atoms with van der Waals surface area (Å²) in [4.78, 5) is 13.0. The Morgan fingerprint density at radius 2 is 2.24 bits per heavy atom. The fourth-order valence-electron chi connectivity index (χ4n) is 1.12. The number of aromatic nitrogens is 3. The van der Waals surface area contributed by atoms with Crippen molar-refractivity contribution in [3.63, 3.8) is 0 Å². The second-order valence-corrected chi connectivity index (χ2v) is 4.02. The molecule has 90 valence electrons. The number of aryl methyl sites for hydroxylation is 1. The summed E-state index contributed by atoms with van der Waals surface area (Å²) in [5, 5.41) is 0.481. The number of hydrazine groups is 1. The predicted molar refractivity (Wildman–Crippen MR) is 61.8 cm³/mol. The van der Waals surface area contributed by atoms with E-state index in [1.807, 2.05) is 13.0 Å². The van der Waals surface area contributed by atoms with Crippen LogP contribution in [0.5, 0.6) is 6.01 Å². The highest BCUT2D eigenvalue weighted by Gasteiger charge is 2.10. The van der Waals surface area contributed by atoms with Crippen LogP contribution in [0, 0.1) is 6.92 Å². The van der Waals surface area contributed by atoms with Crippen LogP contribution in [0.3, 0.4) is 0 Å². The largest absolute Gasteiger partial charge is 0.468 e. The van der Waals surface area contributed by atoms with Crippen LogP contribution in [0.1, 0.15) is 5.76 Å². The normalized spacial score (nSPS) is 10.3. The second kappa shape index (κ2) is 5.02. The Labute approximate surface area is 102 Å². The number of nitrogen functional groups attached to an aromatic ring is 1. The Balaban J connectivity index is 2.29. The molecule has 17 heavy (non-hydrogen) atoms. The van der Waals surface area contributed by atoms with E-state index in [-0.39, 0.29) is 12.0 Å². The van der Waals surface area contributed by atoms with Crippen LogP contribution in [-0.4, -0.2) is 22.1 Å². The number of rotatable bonds is 4. The lowest BCUT2D eigenvalue weighted by molar-refractivity contribution is 0.373. The van der Waals surface area contributed by atoms with Crippen LogP contribution in [0.4, 0.5) is 5.95 Å². The van der Waals surface area contributed by atoms with Gasteiger partial charge in [0.25, 0.3) is 0 Å². The number of hydrogen-bond donors (Lipinski definition) is 2. The summed E-state index contributed by atoms with van der Waals surface area (Å²) >= 11 is 1.35. The van der Waals surface area contributed by atoms with Crippen LogP contribution in [0.2, 0.25) is 0 Å². The molecule has 0 bridgehead atoms. The lowest BCUT2D eigenvalue weighted by Gasteiger charge is -2.04. The van der Waals surface area contributed by atoms with Gasteiger partial charge in [-0.15, -0.1) is 0 Å². The number of ether oxygens (including phenoxy) is 1. The van der Waals surface area contributed by atoms with E-state index in [1.165, 1.54) is 18.9 Å². The summed E-state index contributed by atoms with van der Waals surface area (Å²) in [5.41, 5.74) is 2.36. The van der Waals surface area contributed by atoms with Crippen molar-refractivity contribution in [1.82, 2.24) is 15.0 Å². The van der Waals surface area contributed by atoms with Crippen LogP contribution in [0.15, 0.2) is 26.8 Å². The molecule has 0 aliphatic heterocycles. The average Bonchev–Trinajstić information content (AvgIpc) is 2.74. The van der Waals surface area contributed by atoms with E-state index >= 15 is 0 Å². The van der Waals surface area contributed by atoms with Gasteiger partial charge in [0.1, 0.15) is 5.76 Å². The van der Waals surface area contributed by atoms with Crippen molar-refractivity contribution < 1.29 is 9.15 Å². The highest BCUT2D eigenvalue weighted by molar-refractivity contribution is 7.99. The maximum atomic E-state index is 5.26. The molecule has 0 spiro atoms. The Hall–Kier alpha value is -1.80. The van der Waals surface area contributed by atoms with Crippen molar-refractivity contribution in [2.75, 3.05) is 12.5 Å². The third kappa shape index (κ3) is 2.66. The minimum Gasteiger partial charge on any atom is -0.468 e. The van der Waals surface area contributed by atoms with Gasteiger partial charge in [0.15, 0.2) is 0 Å². The van der Waals surface area contributed by atoms with Crippen molar-refractivity contribution in [3.8, 4) is 6.01 Å². The lowest BCUT2D eigenvalue weighted by atomic mass is 10.5. The van der Waals surface area contributed by atoms with Crippen LogP contribution in [-0.2, 0) is 0 Å². The Morgan fingerprint density at radius 1 is 1.41 bits per heavy atom. The molecule has 0 saturated heterocycles. The molecule has 2 aromatic heterocycles. The van der Waals surface area contributed by atoms with Gasteiger partial charge in [-0.1, -0.05) is 0 Å². The maximum absolute atomic E-state index is 5.26. The highest BCUT2D eigenvalue weighted by atomic mass is 32.2. The third-order valence-corrected chi connectivity index (χ3v) is 2.93. The molecule has 8 heteroatoms. The van der Waals surface area contributed by atoms with Gasteiger partial charge in [-0.2, -0.15) is 15.0 Å². The zero-order chi connectivity index (χ0) is 12.3. The molecule has 0 aromatic carbocycles. The van der Waals surface area contributed by atoms with Gasteiger partial charge in [-0.3, -0.25) is 5.43 Å². The zero-order valence-corrected chi connectivity index (χ0v) is 10.1. The van der Waals surface area contributed by atoms with E-state index in [0.29, 0.717) is 5.16 Å². The number of furan rings is 1. The second-order valence-electron chi connectivity index (χ2n) is 3.02. The molecular weight excluding hydrogens is 242 g/mol. The van der Waals surface area contributed by atoms with Crippen molar-refractivity contribution in [2.45, 2.75) is 17.0 Å². The molecular formula is C9H11N5O2S. The van der Waals surface area contributed by atoms with Crippen molar-refractivity contribution >= 4 is 17.7 Å².